The topological polar surface area (TPSA) is 92.7 Å². The number of nitrogens with zero attached hydrogens (tertiary/aromatic N) is 3. The van der Waals surface area contributed by atoms with Crippen LogP contribution in [0.15, 0.2) is 34.3 Å². The Morgan fingerprint density at radius 3 is 2.82 bits per heavy atom. The van der Waals surface area contributed by atoms with Crippen molar-refractivity contribution in [3.63, 3.8) is 0 Å². The molecule has 0 aromatic carbocycles. The zero-order valence-corrected chi connectivity index (χ0v) is 13.8. The first-order valence-corrected chi connectivity index (χ1v) is 7.30. The van der Waals surface area contributed by atoms with E-state index in [1.165, 1.54) is 12.5 Å². The van der Waals surface area contributed by atoms with Crippen LogP contribution >= 0.6 is 0 Å². The summed E-state index contributed by atoms with van der Waals surface area (Å²) in [7, 11) is 1.80. The van der Waals surface area contributed by atoms with Crippen LogP contribution in [0.4, 0.5) is 0 Å². The lowest BCUT2D eigenvalue weighted by atomic mass is 10.2. The third kappa shape index (κ3) is 11.0. The van der Waals surface area contributed by atoms with E-state index in [-0.39, 0.29) is 6.04 Å². The van der Waals surface area contributed by atoms with E-state index in [4.69, 9.17) is 15.3 Å². The maximum atomic E-state index is 9.61. The minimum atomic E-state index is -0.868. The number of aliphatic hydroxyl groups is 1. The van der Waals surface area contributed by atoms with Crippen molar-refractivity contribution in [2.24, 2.45) is 15.9 Å². The van der Waals surface area contributed by atoms with Gasteiger partial charge in [0.25, 0.3) is 0 Å². The van der Waals surface area contributed by atoms with Crippen LogP contribution in [0.2, 0.25) is 0 Å². The maximum absolute atomic E-state index is 9.61. The normalized spacial score (nSPS) is 16.2. The highest BCUT2D eigenvalue weighted by molar-refractivity contribution is 5.72. The highest BCUT2D eigenvalue weighted by Crippen LogP contribution is 2.02. The Kier molecular flexibility index (Phi) is 12.0. The molecular formula is C15H28N4O3. The van der Waals surface area contributed by atoms with Crippen molar-refractivity contribution in [1.29, 1.82) is 0 Å². The van der Waals surface area contributed by atoms with Crippen LogP contribution in [-0.4, -0.2) is 55.1 Å². The van der Waals surface area contributed by atoms with Gasteiger partial charge in [-0.05, 0) is 46.4 Å². The number of nitrogens with two attached hydrogens (primary N) is 1. The fraction of sp³-hybridized carbons (Fsp3) is 0.600. The third-order valence-electron chi connectivity index (χ3n) is 2.69. The van der Waals surface area contributed by atoms with Crippen LogP contribution in [-0.2, 0) is 9.57 Å². The Bertz CT molecular complexity index is 394. The number of hydrogen-bond acceptors (Lipinski definition) is 7. The Labute approximate surface area is 132 Å². The largest absolute Gasteiger partial charge is 0.399 e. The van der Waals surface area contributed by atoms with Crippen LogP contribution in [0.25, 0.3) is 0 Å². The molecule has 0 spiro atoms. The molecule has 7 heteroatoms. The van der Waals surface area contributed by atoms with Crippen molar-refractivity contribution >= 4 is 12.4 Å². The molecule has 2 unspecified atom stereocenters. The molecular weight excluding hydrogens is 284 g/mol. The van der Waals surface area contributed by atoms with Gasteiger partial charge in [-0.3, -0.25) is 9.89 Å². The van der Waals surface area contributed by atoms with E-state index >= 15 is 0 Å². The van der Waals surface area contributed by atoms with E-state index < -0.39 is 6.41 Å². The first-order chi connectivity index (χ1) is 10.5. The predicted molar refractivity (Wildman–Crippen MR) is 89.5 cm³/mol. The van der Waals surface area contributed by atoms with Crippen molar-refractivity contribution in [3.8, 4) is 0 Å². The molecule has 0 radical (unpaired) electrons. The van der Waals surface area contributed by atoms with Gasteiger partial charge in [0.15, 0.2) is 0 Å². The second-order valence-corrected chi connectivity index (χ2v) is 4.64. The molecule has 3 N–H and O–H groups in total. The standard InChI is InChI=1S/C15H28N4O3/c1-5-18-22-12-9-14(16)7-10-17-13(3)8-11-19(4)15(20)21-6-2/h5,7,9-10,12-13,15,20H,6,8,11,16H2,1-4H3/b12-9+,14-7?,17-10?,18-5+. The molecule has 0 amide bonds. The predicted octanol–water partition coefficient (Wildman–Crippen LogP) is 1.46. The van der Waals surface area contributed by atoms with Crippen molar-refractivity contribution in [3.05, 3.63) is 24.1 Å². The van der Waals surface area contributed by atoms with Gasteiger partial charge >= 0.3 is 0 Å². The molecule has 0 aliphatic heterocycles. The van der Waals surface area contributed by atoms with Crippen LogP contribution in [0.5, 0.6) is 0 Å². The van der Waals surface area contributed by atoms with Crippen molar-refractivity contribution in [2.75, 3.05) is 20.2 Å². The number of aliphatic hydroxyl groups excluding tert-OH is 1. The molecule has 7 nitrogen and oxygen atoms in total. The van der Waals surface area contributed by atoms with Gasteiger partial charge in [0.1, 0.15) is 6.26 Å². The Morgan fingerprint density at radius 2 is 2.18 bits per heavy atom. The van der Waals surface area contributed by atoms with Gasteiger partial charge in [0.05, 0.1) is 0 Å². The smallest absolute Gasteiger partial charge is 0.215 e. The van der Waals surface area contributed by atoms with E-state index in [0.717, 1.165) is 6.42 Å². The number of ether oxygens (including phenoxy) is 1. The van der Waals surface area contributed by atoms with Gasteiger partial charge in [-0.2, -0.15) is 0 Å². The number of rotatable bonds is 11. The molecule has 0 saturated carbocycles. The summed E-state index contributed by atoms with van der Waals surface area (Å²) in [6.45, 7) is 6.75. The molecule has 2 atom stereocenters. The van der Waals surface area contributed by atoms with Gasteiger partial charge in [-0.15, -0.1) is 0 Å². The number of hydrogen-bond donors (Lipinski definition) is 2. The van der Waals surface area contributed by atoms with Crippen molar-refractivity contribution in [1.82, 2.24) is 4.90 Å². The Balaban J connectivity index is 4.09. The average molecular weight is 312 g/mol. The van der Waals surface area contributed by atoms with Crippen LogP contribution < -0.4 is 5.73 Å². The van der Waals surface area contributed by atoms with Crippen molar-refractivity contribution < 1.29 is 14.7 Å². The number of aliphatic imine (C=N–C) groups is 1. The first-order valence-electron chi connectivity index (χ1n) is 7.30. The maximum Gasteiger partial charge on any atom is 0.215 e. The lowest BCUT2D eigenvalue weighted by Crippen LogP contribution is -2.35. The van der Waals surface area contributed by atoms with E-state index in [0.29, 0.717) is 18.8 Å². The molecule has 126 valence electrons. The second-order valence-electron chi connectivity index (χ2n) is 4.64. The van der Waals surface area contributed by atoms with Crippen LogP contribution in [0.3, 0.4) is 0 Å². The molecule has 0 aromatic rings. The Hall–Kier alpha value is -1.70. The summed E-state index contributed by atoms with van der Waals surface area (Å²) in [5.41, 5.74) is 6.25. The molecule has 0 fully saturated rings. The first kappa shape index (κ1) is 20.3. The molecule has 22 heavy (non-hydrogen) atoms. The minimum absolute atomic E-state index is 0.116. The highest BCUT2D eigenvalue weighted by Gasteiger charge is 2.11. The van der Waals surface area contributed by atoms with E-state index in [1.54, 1.807) is 37.2 Å². The fourth-order valence-corrected chi connectivity index (χ4v) is 1.39. The summed E-state index contributed by atoms with van der Waals surface area (Å²) < 4.78 is 5.09. The van der Waals surface area contributed by atoms with E-state index in [1.807, 2.05) is 13.8 Å². The number of oxime groups is 1. The molecule has 0 bridgehead atoms. The van der Waals surface area contributed by atoms with E-state index in [2.05, 4.69) is 10.1 Å². The molecule has 0 heterocycles. The summed E-state index contributed by atoms with van der Waals surface area (Å²) in [4.78, 5) is 10.9. The van der Waals surface area contributed by atoms with E-state index in [9.17, 15) is 5.11 Å². The van der Waals surface area contributed by atoms with Gasteiger partial charge in [0.2, 0.25) is 6.41 Å². The highest BCUT2D eigenvalue weighted by atomic mass is 16.6. The van der Waals surface area contributed by atoms with Gasteiger partial charge in [0, 0.05) is 37.3 Å². The third-order valence-corrected chi connectivity index (χ3v) is 2.69. The summed E-state index contributed by atoms with van der Waals surface area (Å²) in [6, 6.07) is 0.116. The average Bonchev–Trinajstić information content (AvgIpc) is 2.49. The number of allylic oxidation sites excluding steroid dienone is 2. The Morgan fingerprint density at radius 1 is 1.45 bits per heavy atom. The monoisotopic (exact) mass is 312 g/mol. The second kappa shape index (κ2) is 13.0. The SMILES string of the molecule is C/C=N/O/C=C/C(N)=CC=NC(C)CCN(C)C(O)OCC. The minimum Gasteiger partial charge on any atom is -0.399 e. The zero-order valence-electron chi connectivity index (χ0n) is 13.8. The molecule has 0 aliphatic carbocycles. The molecule has 0 aromatic heterocycles. The zero-order chi connectivity index (χ0) is 16.8. The van der Waals surface area contributed by atoms with Gasteiger partial charge in [-0.25, -0.2) is 0 Å². The lowest BCUT2D eigenvalue weighted by molar-refractivity contribution is -0.182. The van der Waals surface area contributed by atoms with Gasteiger partial charge < -0.3 is 20.4 Å². The molecule has 0 saturated heterocycles. The summed E-state index contributed by atoms with van der Waals surface area (Å²) in [6.07, 6.45) is 7.80. The lowest BCUT2D eigenvalue weighted by Gasteiger charge is -2.23. The molecule has 0 aliphatic rings. The summed E-state index contributed by atoms with van der Waals surface area (Å²) >= 11 is 0. The van der Waals surface area contributed by atoms with Gasteiger partial charge in [-0.1, -0.05) is 5.16 Å². The fourth-order valence-electron chi connectivity index (χ4n) is 1.39. The van der Waals surface area contributed by atoms with Crippen LogP contribution in [0.1, 0.15) is 27.2 Å². The van der Waals surface area contributed by atoms with Crippen LogP contribution in [0, 0.1) is 0 Å². The summed E-state index contributed by atoms with van der Waals surface area (Å²) in [5.74, 6) is 0. The summed E-state index contributed by atoms with van der Waals surface area (Å²) in [5, 5.41) is 13.2. The molecule has 0 rings (SSSR count). The van der Waals surface area contributed by atoms with Crippen molar-refractivity contribution in [2.45, 2.75) is 39.6 Å². The quantitative estimate of drug-likeness (QED) is 0.198.